The molecule has 2 heterocycles. The van der Waals surface area contributed by atoms with E-state index in [-0.39, 0.29) is 0 Å². The predicted octanol–water partition coefficient (Wildman–Crippen LogP) is 3.51. The molecular formula is C13H15BrN2OS. The van der Waals surface area contributed by atoms with E-state index in [2.05, 4.69) is 39.2 Å². The molecule has 0 amide bonds. The van der Waals surface area contributed by atoms with Crippen LogP contribution in [0.15, 0.2) is 29.0 Å². The second-order valence-electron chi connectivity index (χ2n) is 3.95. The first-order valence-electron chi connectivity index (χ1n) is 5.65. The van der Waals surface area contributed by atoms with E-state index < -0.39 is 0 Å². The highest BCUT2D eigenvalue weighted by molar-refractivity contribution is 9.10. The Kier molecular flexibility index (Phi) is 4.74. The van der Waals surface area contributed by atoms with Crippen molar-refractivity contribution in [3.8, 4) is 5.75 Å². The van der Waals surface area contributed by atoms with Crippen molar-refractivity contribution in [1.29, 1.82) is 0 Å². The van der Waals surface area contributed by atoms with Crippen LogP contribution in [0.1, 0.15) is 15.3 Å². The molecule has 1 N–H and O–H groups in total. The predicted molar refractivity (Wildman–Crippen MR) is 78.1 cm³/mol. The highest BCUT2D eigenvalue weighted by Gasteiger charge is 2.06. The maximum atomic E-state index is 5.74. The fraction of sp³-hybridized carbons (Fsp3) is 0.308. The Labute approximate surface area is 119 Å². The van der Waals surface area contributed by atoms with E-state index in [1.165, 1.54) is 15.3 Å². The summed E-state index contributed by atoms with van der Waals surface area (Å²) in [5, 5.41) is 3.16. The Morgan fingerprint density at radius 2 is 2.22 bits per heavy atom. The van der Waals surface area contributed by atoms with E-state index in [4.69, 9.17) is 4.74 Å². The summed E-state index contributed by atoms with van der Waals surface area (Å²) in [5.41, 5.74) is 1.24. The molecule has 0 fully saturated rings. The van der Waals surface area contributed by atoms with Gasteiger partial charge in [0.15, 0.2) is 0 Å². The average Bonchev–Trinajstić information content (AvgIpc) is 2.68. The van der Waals surface area contributed by atoms with Gasteiger partial charge >= 0.3 is 0 Å². The van der Waals surface area contributed by atoms with Gasteiger partial charge in [-0.15, -0.1) is 11.3 Å². The second-order valence-corrected chi connectivity index (χ2v) is 6.21. The minimum atomic E-state index is 0.587. The van der Waals surface area contributed by atoms with Gasteiger partial charge in [-0.25, -0.2) is 0 Å². The standard InChI is InChI=1S/C13H15BrN2OS/c1-9-10(3-13(18-9)7-15-2)8-17-12-4-11(14)5-16-6-12/h3-6,15H,7-8H2,1-2H3. The zero-order chi connectivity index (χ0) is 13.0. The summed E-state index contributed by atoms with van der Waals surface area (Å²) < 4.78 is 6.67. The molecule has 0 saturated carbocycles. The van der Waals surface area contributed by atoms with Crippen LogP contribution in [0.3, 0.4) is 0 Å². The molecule has 18 heavy (non-hydrogen) atoms. The second kappa shape index (κ2) is 6.31. The summed E-state index contributed by atoms with van der Waals surface area (Å²) in [6, 6.07) is 4.12. The SMILES string of the molecule is CNCc1cc(COc2cncc(Br)c2)c(C)s1. The summed E-state index contributed by atoms with van der Waals surface area (Å²) in [6.07, 6.45) is 3.47. The van der Waals surface area contributed by atoms with Gasteiger partial charge in [0.2, 0.25) is 0 Å². The third-order valence-electron chi connectivity index (χ3n) is 2.50. The molecule has 2 aromatic heterocycles. The van der Waals surface area contributed by atoms with Gasteiger partial charge < -0.3 is 10.1 Å². The Morgan fingerprint density at radius 3 is 2.94 bits per heavy atom. The van der Waals surface area contributed by atoms with Gasteiger partial charge in [0.25, 0.3) is 0 Å². The molecule has 2 aromatic rings. The molecule has 0 spiro atoms. The molecule has 0 saturated heterocycles. The fourth-order valence-electron chi connectivity index (χ4n) is 1.62. The minimum Gasteiger partial charge on any atom is -0.487 e. The summed E-state index contributed by atoms with van der Waals surface area (Å²) in [5.74, 6) is 0.783. The van der Waals surface area contributed by atoms with Crippen molar-refractivity contribution in [3.05, 3.63) is 44.3 Å². The Hall–Kier alpha value is -0.910. The Bertz CT molecular complexity index is 527. The van der Waals surface area contributed by atoms with E-state index >= 15 is 0 Å². The van der Waals surface area contributed by atoms with Gasteiger partial charge in [0, 0.05) is 32.5 Å². The molecule has 2 rings (SSSR count). The number of pyridine rings is 1. The van der Waals surface area contributed by atoms with Crippen LogP contribution < -0.4 is 10.1 Å². The summed E-state index contributed by atoms with van der Waals surface area (Å²) in [6.45, 7) is 3.62. The summed E-state index contributed by atoms with van der Waals surface area (Å²) in [7, 11) is 1.96. The van der Waals surface area contributed by atoms with E-state index in [9.17, 15) is 0 Å². The number of halogens is 1. The monoisotopic (exact) mass is 326 g/mol. The van der Waals surface area contributed by atoms with Crippen molar-refractivity contribution in [2.75, 3.05) is 7.05 Å². The lowest BCUT2D eigenvalue weighted by molar-refractivity contribution is 0.304. The van der Waals surface area contributed by atoms with Crippen molar-refractivity contribution >= 4 is 27.3 Å². The van der Waals surface area contributed by atoms with Crippen molar-refractivity contribution in [3.63, 3.8) is 0 Å². The fourth-order valence-corrected chi connectivity index (χ4v) is 3.03. The number of hydrogen-bond donors (Lipinski definition) is 1. The summed E-state index contributed by atoms with van der Waals surface area (Å²) >= 11 is 5.19. The average molecular weight is 327 g/mol. The van der Waals surface area contributed by atoms with Gasteiger partial charge in [-0.2, -0.15) is 0 Å². The van der Waals surface area contributed by atoms with E-state index in [1.54, 1.807) is 12.4 Å². The third kappa shape index (κ3) is 3.54. The number of aromatic nitrogens is 1. The zero-order valence-electron chi connectivity index (χ0n) is 10.4. The van der Waals surface area contributed by atoms with Crippen LogP contribution in [0.25, 0.3) is 0 Å². The number of ether oxygens (including phenoxy) is 1. The van der Waals surface area contributed by atoms with E-state index in [0.717, 1.165) is 16.8 Å². The van der Waals surface area contributed by atoms with Gasteiger partial charge in [0.1, 0.15) is 12.4 Å². The number of nitrogens with one attached hydrogen (secondary N) is 1. The first kappa shape index (κ1) is 13.5. The third-order valence-corrected chi connectivity index (χ3v) is 4.02. The molecule has 0 aliphatic heterocycles. The highest BCUT2D eigenvalue weighted by Crippen LogP contribution is 2.23. The van der Waals surface area contributed by atoms with Crippen LogP contribution in [-0.2, 0) is 13.2 Å². The normalized spacial score (nSPS) is 10.6. The van der Waals surface area contributed by atoms with Crippen LogP contribution in [0, 0.1) is 6.92 Å². The van der Waals surface area contributed by atoms with E-state index in [1.807, 2.05) is 24.5 Å². The molecule has 0 unspecified atom stereocenters. The van der Waals surface area contributed by atoms with Crippen LogP contribution in [-0.4, -0.2) is 12.0 Å². The first-order chi connectivity index (χ1) is 8.69. The molecule has 0 bridgehead atoms. The van der Waals surface area contributed by atoms with Crippen molar-refractivity contribution in [1.82, 2.24) is 10.3 Å². The van der Waals surface area contributed by atoms with Gasteiger partial charge in [-0.3, -0.25) is 4.98 Å². The Balaban J connectivity index is 2.01. The van der Waals surface area contributed by atoms with Crippen LogP contribution in [0.4, 0.5) is 0 Å². The lowest BCUT2D eigenvalue weighted by Crippen LogP contribution is -2.02. The Morgan fingerprint density at radius 1 is 1.39 bits per heavy atom. The van der Waals surface area contributed by atoms with Gasteiger partial charge in [-0.05, 0) is 42.0 Å². The first-order valence-corrected chi connectivity index (χ1v) is 7.26. The molecular weight excluding hydrogens is 312 g/mol. The molecule has 0 atom stereocenters. The van der Waals surface area contributed by atoms with Crippen LogP contribution >= 0.6 is 27.3 Å². The van der Waals surface area contributed by atoms with Gasteiger partial charge in [0.05, 0.1) is 6.20 Å². The molecule has 0 aromatic carbocycles. The highest BCUT2D eigenvalue weighted by atomic mass is 79.9. The largest absolute Gasteiger partial charge is 0.487 e. The van der Waals surface area contributed by atoms with Crippen LogP contribution in [0.2, 0.25) is 0 Å². The number of aryl methyl sites for hydroxylation is 1. The molecule has 0 aliphatic carbocycles. The summed E-state index contributed by atoms with van der Waals surface area (Å²) in [4.78, 5) is 6.72. The topological polar surface area (TPSA) is 34.1 Å². The molecule has 5 heteroatoms. The van der Waals surface area contributed by atoms with Crippen LogP contribution in [0.5, 0.6) is 5.75 Å². The van der Waals surface area contributed by atoms with Crippen molar-refractivity contribution < 1.29 is 4.74 Å². The lowest BCUT2D eigenvalue weighted by Gasteiger charge is -2.05. The van der Waals surface area contributed by atoms with Crippen molar-refractivity contribution in [2.45, 2.75) is 20.1 Å². The smallest absolute Gasteiger partial charge is 0.139 e. The number of rotatable bonds is 5. The molecule has 96 valence electrons. The lowest BCUT2D eigenvalue weighted by atomic mass is 10.2. The van der Waals surface area contributed by atoms with Gasteiger partial charge in [-0.1, -0.05) is 0 Å². The molecule has 3 nitrogen and oxygen atoms in total. The van der Waals surface area contributed by atoms with E-state index in [0.29, 0.717) is 6.61 Å². The van der Waals surface area contributed by atoms with Crippen molar-refractivity contribution in [2.24, 2.45) is 0 Å². The number of thiophene rings is 1. The maximum Gasteiger partial charge on any atom is 0.139 e. The minimum absolute atomic E-state index is 0.587. The molecule has 0 aliphatic rings. The number of nitrogens with zero attached hydrogens (tertiary/aromatic N) is 1. The molecule has 0 radical (unpaired) electrons. The quantitative estimate of drug-likeness (QED) is 0.912. The number of hydrogen-bond acceptors (Lipinski definition) is 4. The maximum absolute atomic E-state index is 5.74. The zero-order valence-corrected chi connectivity index (χ0v) is 12.8.